The number of fused-ring (bicyclic) bond motifs is 1. The molecule has 2 aromatic carbocycles. The highest BCUT2D eigenvalue weighted by Crippen LogP contribution is 2.23. The van der Waals surface area contributed by atoms with Gasteiger partial charge in [0, 0.05) is 12.1 Å². The highest BCUT2D eigenvalue weighted by Gasteiger charge is 2.12. The first-order valence-corrected chi connectivity index (χ1v) is 7.94. The van der Waals surface area contributed by atoms with Crippen LogP contribution in [0.2, 0.25) is 0 Å². The van der Waals surface area contributed by atoms with Crippen LogP contribution in [0.15, 0.2) is 60.8 Å². The number of nitrogens with zero attached hydrogens (tertiary/aromatic N) is 4. The van der Waals surface area contributed by atoms with Crippen molar-refractivity contribution in [3.8, 4) is 17.1 Å². The second-order valence-corrected chi connectivity index (χ2v) is 6.15. The van der Waals surface area contributed by atoms with Crippen LogP contribution in [0.3, 0.4) is 0 Å². The van der Waals surface area contributed by atoms with E-state index >= 15 is 0 Å². The molecule has 4 rings (SSSR count). The lowest BCUT2D eigenvalue weighted by Gasteiger charge is -2.10. The molecule has 1 N–H and O–H groups in total. The number of rotatable bonds is 4. The Morgan fingerprint density at radius 1 is 1.04 bits per heavy atom. The third-order valence-electron chi connectivity index (χ3n) is 3.91. The Bertz CT molecular complexity index is 966. The highest BCUT2D eigenvalue weighted by molar-refractivity contribution is 5.77. The van der Waals surface area contributed by atoms with Crippen LogP contribution in [0, 0.1) is 0 Å². The Morgan fingerprint density at radius 2 is 1.88 bits per heavy atom. The molecule has 4 aromatic rings. The first kappa shape index (κ1) is 14.7. The Kier molecular flexibility index (Phi) is 3.63. The fourth-order valence-electron chi connectivity index (χ4n) is 2.88. The molecule has 5 nitrogen and oxygen atoms in total. The lowest BCUT2D eigenvalue weighted by Crippen LogP contribution is -2.10. The van der Waals surface area contributed by atoms with E-state index in [9.17, 15) is 0 Å². The predicted molar refractivity (Wildman–Crippen MR) is 96.0 cm³/mol. The van der Waals surface area contributed by atoms with Gasteiger partial charge in [-0.15, -0.1) is 0 Å². The smallest absolute Gasteiger partial charge is 0.181 e. The van der Waals surface area contributed by atoms with Gasteiger partial charge in [0.25, 0.3) is 0 Å². The Morgan fingerprint density at radius 3 is 2.67 bits per heavy atom. The SMILES string of the molecule is CN(C)Cc1cccc(-c2nc3c(cnn3-c3ccccc3)[nH]2)c1. The van der Waals surface area contributed by atoms with Gasteiger partial charge in [0.05, 0.1) is 11.9 Å². The number of aromatic nitrogens is 4. The molecule has 0 saturated carbocycles. The summed E-state index contributed by atoms with van der Waals surface area (Å²) in [6.07, 6.45) is 1.82. The third kappa shape index (κ3) is 2.70. The van der Waals surface area contributed by atoms with Crippen molar-refractivity contribution in [2.24, 2.45) is 0 Å². The molecule has 0 saturated heterocycles. The molecule has 2 heterocycles. The maximum Gasteiger partial charge on any atom is 0.181 e. The zero-order valence-electron chi connectivity index (χ0n) is 13.8. The Hall–Kier alpha value is -2.92. The molecule has 0 atom stereocenters. The summed E-state index contributed by atoms with van der Waals surface area (Å²) in [5.74, 6) is 0.868. The van der Waals surface area contributed by atoms with E-state index < -0.39 is 0 Å². The van der Waals surface area contributed by atoms with Crippen molar-refractivity contribution < 1.29 is 0 Å². The van der Waals surface area contributed by atoms with Crippen LogP contribution in [0.5, 0.6) is 0 Å². The average Bonchev–Trinajstić information content (AvgIpc) is 3.15. The van der Waals surface area contributed by atoms with E-state index in [0.717, 1.165) is 34.8 Å². The molecule has 0 aliphatic rings. The van der Waals surface area contributed by atoms with Gasteiger partial charge in [-0.1, -0.05) is 36.4 Å². The number of H-pyrrole nitrogens is 1. The monoisotopic (exact) mass is 317 g/mol. The summed E-state index contributed by atoms with van der Waals surface area (Å²) in [6.45, 7) is 0.909. The molecule has 120 valence electrons. The highest BCUT2D eigenvalue weighted by atomic mass is 15.3. The van der Waals surface area contributed by atoms with E-state index in [1.165, 1.54) is 5.56 Å². The second kappa shape index (κ2) is 5.94. The maximum atomic E-state index is 4.77. The lowest BCUT2D eigenvalue weighted by molar-refractivity contribution is 0.402. The largest absolute Gasteiger partial charge is 0.335 e. The molecule has 2 aromatic heterocycles. The number of hydrogen-bond donors (Lipinski definition) is 1. The fourth-order valence-corrected chi connectivity index (χ4v) is 2.88. The van der Waals surface area contributed by atoms with Crippen molar-refractivity contribution in [2.75, 3.05) is 14.1 Å². The van der Waals surface area contributed by atoms with Crippen molar-refractivity contribution in [2.45, 2.75) is 6.54 Å². The first-order chi connectivity index (χ1) is 11.7. The van der Waals surface area contributed by atoms with Crippen molar-refractivity contribution >= 4 is 11.2 Å². The molecule has 0 spiro atoms. The minimum atomic E-state index is 0.842. The van der Waals surface area contributed by atoms with E-state index in [0.29, 0.717) is 0 Å². The van der Waals surface area contributed by atoms with Gasteiger partial charge < -0.3 is 9.88 Å². The lowest BCUT2D eigenvalue weighted by atomic mass is 10.1. The first-order valence-electron chi connectivity index (χ1n) is 7.94. The van der Waals surface area contributed by atoms with Crippen molar-refractivity contribution in [1.82, 2.24) is 24.6 Å². The van der Waals surface area contributed by atoms with Gasteiger partial charge in [-0.2, -0.15) is 5.10 Å². The minimum absolute atomic E-state index is 0.842. The van der Waals surface area contributed by atoms with E-state index in [2.05, 4.69) is 53.3 Å². The molecule has 0 radical (unpaired) electrons. The quantitative estimate of drug-likeness (QED) is 0.627. The van der Waals surface area contributed by atoms with E-state index in [1.807, 2.05) is 41.2 Å². The molecule has 0 aliphatic heterocycles. The topological polar surface area (TPSA) is 49.7 Å². The van der Waals surface area contributed by atoms with Gasteiger partial charge in [0.1, 0.15) is 11.3 Å². The van der Waals surface area contributed by atoms with Gasteiger partial charge in [0.15, 0.2) is 5.65 Å². The number of aromatic amines is 1. The number of benzene rings is 2. The molecule has 0 unspecified atom stereocenters. The van der Waals surface area contributed by atoms with Crippen LogP contribution in [-0.2, 0) is 6.54 Å². The van der Waals surface area contributed by atoms with E-state index in [4.69, 9.17) is 4.98 Å². The number of imidazole rings is 1. The Balaban J connectivity index is 1.75. The van der Waals surface area contributed by atoms with Crippen molar-refractivity contribution in [1.29, 1.82) is 0 Å². The van der Waals surface area contributed by atoms with Crippen LogP contribution in [-0.4, -0.2) is 38.7 Å². The summed E-state index contributed by atoms with van der Waals surface area (Å²) in [6, 6.07) is 18.5. The zero-order chi connectivity index (χ0) is 16.5. The summed E-state index contributed by atoms with van der Waals surface area (Å²) < 4.78 is 1.86. The molecule has 0 amide bonds. The normalized spacial score (nSPS) is 11.5. The molecular formula is C19H19N5. The van der Waals surface area contributed by atoms with Crippen LogP contribution in [0.1, 0.15) is 5.56 Å². The summed E-state index contributed by atoms with van der Waals surface area (Å²) in [5.41, 5.74) is 5.14. The number of para-hydroxylation sites is 1. The summed E-state index contributed by atoms with van der Waals surface area (Å²) in [5, 5.41) is 4.43. The molecule has 0 aliphatic carbocycles. The van der Waals surface area contributed by atoms with Crippen molar-refractivity contribution in [3.05, 3.63) is 66.4 Å². The molecular weight excluding hydrogens is 298 g/mol. The third-order valence-corrected chi connectivity index (χ3v) is 3.91. The van der Waals surface area contributed by atoms with Gasteiger partial charge in [0.2, 0.25) is 0 Å². The summed E-state index contributed by atoms with van der Waals surface area (Å²) >= 11 is 0. The Labute approximate surface area is 140 Å². The van der Waals surface area contributed by atoms with E-state index in [1.54, 1.807) is 0 Å². The van der Waals surface area contributed by atoms with Gasteiger partial charge in [-0.05, 0) is 37.9 Å². The predicted octanol–water partition coefficient (Wildman–Crippen LogP) is 3.48. The van der Waals surface area contributed by atoms with E-state index in [-0.39, 0.29) is 0 Å². The number of nitrogens with one attached hydrogen (secondary N) is 1. The van der Waals surface area contributed by atoms with Gasteiger partial charge >= 0.3 is 0 Å². The summed E-state index contributed by atoms with van der Waals surface area (Å²) in [7, 11) is 4.14. The zero-order valence-corrected chi connectivity index (χ0v) is 13.8. The standard InChI is InChI=1S/C19H19N5/c1-23(2)13-14-7-6-8-15(11-14)18-21-17-12-20-24(19(17)22-18)16-9-4-3-5-10-16/h3-12H,13H2,1-2H3,(H,21,22). The molecule has 5 heteroatoms. The number of hydrogen-bond acceptors (Lipinski definition) is 3. The van der Waals surface area contributed by atoms with Crippen LogP contribution < -0.4 is 0 Å². The summed E-state index contributed by atoms with van der Waals surface area (Å²) in [4.78, 5) is 10.3. The van der Waals surface area contributed by atoms with Gasteiger partial charge in [-0.25, -0.2) is 9.67 Å². The van der Waals surface area contributed by atoms with Crippen LogP contribution >= 0.6 is 0 Å². The average molecular weight is 317 g/mol. The van der Waals surface area contributed by atoms with Gasteiger partial charge in [-0.3, -0.25) is 0 Å². The van der Waals surface area contributed by atoms with Crippen LogP contribution in [0.4, 0.5) is 0 Å². The van der Waals surface area contributed by atoms with Crippen LogP contribution in [0.25, 0.3) is 28.2 Å². The van der Waals surface area contributed by atoms with Crippen molar-refractivity contribution in [3.63, 3.8) is 0 Å². The maximum absolute atomic E-state index is 4.77. The fraction of sp³-hybridized carbons (Fsp3) is 0.158. The second-order valence-electron chi connectivity index (χ2n) is 6.15. The molecule has 24 heavy (non-hydrogen) atoms. The molecule has 0 fully saturated rings. The molecule has 0 bridgehead atoms. The minimum Gasteiger partial charge on any atom is -0.335 e.